The molecule has 8 aromatic rings. The lowest BCUT2D eigenvalue weighted by molar-refractivity contribution is -0.138. The summed E-state index contributed by atoms with van der Waals surface area (Å²) in [5.41, 5.74) is 2.60. The van der Waals surface area contributed by atoms with E-state index in [-0.39, 0.29) is 16.9 Å². The minimum atomic E-state index is -4.64. The molecule has 0 aliphatic heterocycles. The van der Waals surface area contributed by atoms with Crippen molar-refractivity contribution in [2.75, 3.05) is 26.4 Å². The number of carbonyl (C=O) groups is 3. The minimum Gasteiger partial charge on any atom is -0.411 e. The molecule has 0 amide bonds. The first-order chi connectivity index (χ1) is 32.0. The van der Waals surface area contributed by atoms with Gasteiger partial charge in [0.15, 0.2) is 17.3 Å². The number of aromatic nitrogens is 2. The molecule has 9 nitrogen and oxygen atoms in total. The number of benzene rings is 6. The Hall–Kier alpha value is -7.10. The number of rotatable bonds is 14. The van der Waals surface area contributed by atoms with Crippen molar-refractivity contribution in [3.05, 3.63) is 166 Å². The van der Waals surface area contributed by atoms with E-state index >= 15 is 0 Å². The van der Waals surface area contributed by atoms with Crippen molar-refractivity contribution in [3.8, 4) is 0 Å². The van der Waals surface area contributed by atoms with E-state index in [0.29, 0.717) is 61.7 Å². The minimum absolute atomic E-state index is 0.0987. The number of fused-ring (bicyclic) bond motifs is 6. The Labute approximate surface area is 380 Å². The molecule has 15 heteroatoms. The molecule has 346 valence electrons. The predicted molar refractivity (Wildman–Crippen MR) is 246 cm³/mol. The van der Waals surface area contributed by atoms with Crippen LogP contribution in [0.2, 0.25) is 0 Å². The molecule has 0 radical (unpaired) electrons. The molecule has 0 saturated heterocycles. The summed E-state index contributed by atoms with van der Waals surface area (Å²) >= 11 is 0. The molecule has 0 spiro atoms. The van der Waals surface area contributed by atoms with Crippen LogP contribution in [0.5, 0.6) is 0 Å². The maximum Gasteiger partial charge on any atom is 0.417 e. The molecule has 0 aliphatic rings. The van der Waals surface area contributed by atoms with E-state index < -0.39 is 46.2 Å². The number of hydrogen-bond acceptors (Lipinski definition) is 7. The SMILES string of the molecule is CCOCCn1c2ccc(C(=O)c3ccccc3C(F)(F)F)cc2c2cc(/C(C)=N/O)ccc21.CCOCCn1c2ccc(C(C)=O)cc2c2cc(C(=O)c3ccccc3C(F)(F)F)ccc21. The van der Waals surface area contributed by atoms with Crippen LogP contribution in [0.25, 0.3) is 43.6 Å². The number of Topliss-reactive ketones (excluding diaryl/α,β-unsaturated/α-hetero) is 1. The largest absolute Gasteiger partial charge is 0.417 e. The van der Waals surface area contributed by atoms with Gasteiger partial charge in [-0.25, -0.2) is 0 Å². The molecule has 0 bridgehead atoms. The second-order valence-electron chi connectivity index (χ2n) is 15.6. The molecule has 67 heavy (non-hydrogen) atoms. The second kappa shape index (κ2) is 19.8. The molecule has 2 aromatic heterocycles. The summed E-state index contributed by atoms with van der Waals surface area (Å²) in [6.45, 7) is 10.2. The highest BCUT2D eigenvalue weighted by Gasteiger charge is 2.36. The van der Waals surface area contributed by atoms with Crippen molar-refractivity contribution in [2.45, 2.75) is 53.1 Å². The van der Waals surface area contributed by atoms with E-state index in [1.165, 1.54) is 43.3 Å². The van der Waals surface area contributed by atoms with Crippen LogP contribution >= 0.6 is 0 Å². The van der Waals surface area contributed by atoms with E-state index in [0.717, 1.165) is 50.4 Å². The molecular weight excluding hydrogens is 877 g/mol. The zero-order chi connectivity index (χ0) is 48.2. The fourth-order valence-corrected chi connectivity index (χ4v) is 8.24. The van der Waals surface area contributed by atoms with Crippen molar-refractivity contribution in [2.24, 2.45) is 5.16 Å². The number of hydrogen-bond donors (Lipinski definition) is 1. The molecule has 0 saturated carbocycles. The lowest BCUT2D eigenvalue weighted by atomic mass is 9.96. The van der Waals surface area contributed by atoms with E-state index in [1.54, 1.807) is 55.5 Å². The Morgan fingerprint density at radius 3 is 1.22 bits per heavy atom. The lowest BCUT2D eigenvalue weighted by Gasteiger charge is -2.12. The maximum atomic E-state index is 13.5. The van der Waals surface area contributed by atoms with E-state index in [1.807, 2.05) is 47.2 Å². The molecule has 0 atom stereocenters. The normalized spacial score (nSPS) is 12.2. The van der Waals surface area contributed by atoms with Crippen LogP contribution in [-0.4, -0.2) is 63.8 Å². The van der Waals surface area contributed by atoms with Gasteiger partial charge in [-0.05, 0) is 112 Å². The zero-order valence-corrected chi connectivity index (χ0v) is 36.9. The fourth-order valence-electron chi connectivity index (χ4n) is 8.24. The second-order valence-corrected chi connectivity index (χ2v) is 15.6. The van der Waals surface area contributed by atoms with E-state index in [9.17, 15) is 45.9 Å². The summed E-state index contributed by atoms with van der Waals surface area (Å²) in [6.07, 6.45) is -9.27. The predicted octanol–water partition coefficient (Wildman–Crippen LogP) is 12.6. The number of alkyl halides is 6. The van der Waals surface area contributed by atoms with Crippen molar-refractivity contribution < 1.29 is 55.4 Å². The maximum absolute atomic E-state index is 13.5. The Morgan fingerprint density at radius 1 is 0.522 bits per heavy atom. The van der Waals surface area contributed by atoms with Gasteiger partial charge in [0, 0.05) is 97.7 Å². The van der Waals surface area contributed by atoms with Crippen LogP contribution in [0.3, 0.4) is 0 Å². The summed E-state index contributed by atoms with van der Waals surface area (Å²) < 4.78 is 95.9. The van der Waals surface area contributed by atoms with Gasteiger partial charge in [-0.3, -0.25) is 14.4 Å². The number of ketones is 3. The van der Waals surface area contributed by atoms with Gasteiger partial charge in [0.2, 0.25) is 0 Å². The molecule has 6 aromatic carbocycles. The third-order valence-corrected chi connectivity index (χ3v) is 11.5. The highest BCUT2D eigenvalue weighted by Crippen LogP contribution is 2.37. The van der Waals surface area contributed by atoms with Gasteiger partial charge >= 0.3 is 12.4 Å². The van der Waals surface area contributed by atoms with Crippen molar-refractivity contribution >= 4 is 66.7 Å². The van der Waals surface area contributed by atoms with Crippen LogP contribution in [0.4, 0.5) is 26.3 Å². The number of halogens is 6. The number of oxime groups is 1. The van der Waals surface area contributed by atoms with Gasteiger partial charge in [-0.15, -0.1) is 0 Å². The number of carbonyl (C=O) groups excluding carboxylic acids is 3. The van der Waals surface area contributed by atoms with Crippen molar-refractivity contribution in [1.29, 1.82) is 0 Å². The average Bonchev–Trinajstić information content (AvgIpc) is 3.80. The average molecular weight is 922 g/mol. The standard InChI is InChI=1S/C26H23F3N2O3.C26H22F3NO3/c1-3-34-13-12-31-23-10-8-17(16(2)30-33)14-20(23)21-15-18(9-11-24(21)31)25(32)19-6-4-5-7-22(19)26(27,28)29;1-3-33-13-12-30-23-10-8-17(16(2)31)14-20(23)21-15-18(9-11-24(21)30)25(32)19-6-4-5-7-22(19)26(27,28)29/h4-11,14-15,33H,3,12-13H2,1-2H3;4-11,14-15H,3,12-13H2,1-2H3/b30-16+;. The smallest absolute Gasteiger partial charge is 0.411 e. The summed E-state index contributed by atoms with van der Waals surface area (Å²) in [6, 6.07) is 30.3. The van der Waals surface area contributed by atoms with Gasteiger partial charge in [-0.1, -0.05) is 47.6 Å². The van der Waals surface area contributed by atoms with Crippen LogP contribution in [0, 0.1) is 0 Å². The Bertz CT molecular complexity index is 3200. The van der Waals surface area contributed by atoms with Crippen molar-refractivity contribution in [3.63, 3.8) is 0 Å². The van der Waals surface area contributed by atoms with Crippen molar-refractivity contribution in [1.82, 2.24) is 9.13 Å². The third kappa shape index (κ3) is 9.88. The summed E-state index contributed by atoms with van der Waals surface area (Å²) in [5.74, 6) is -1.50. The van der Waals surface area contributed by atoms with E-state index in [4.69, 9.17) is 9.47 Å². The topological polar surface area (TPSA) is 112 Å². The van der Waals surface area contributed by atoms with E-state index in [2.05, 4.69) is 5.16 Å². The van der Waals surface area contributed by atoms with Gasteiger partial charge in [-0.2, -0.15) is 26.3 Å². The molecule has 2 heterocycles. The van der Waals surface area contributed by atoms with Gasteiger partial charge < -0.3 is 23.8 Å². The zero-order valence-electron chi connectivity index (χ0n) is 36.9. The van der Waals surface area contributed by atoms with Gasteiger partial charge in [0.1, 0.15) is 0 Å². The number of nitrogens with zero attached hydrogens (tertiary/aromatic N) is 3. The Kier molecular flexibility index (Phi) is 14.1. The highest BCUT2D eigenvalue weighted by molar-refractivity contribution is 6.17. The molecule has 0 unspecified atom stereocenters. The van der Waals surface area contributed by atoms with Crippen LogP contribution in [0.1, 0.15) is 86.6 Å². The molecule has 0 fully saturated rings. The summed E-state index contributed by atoms with van der Waals surface area (Å²) in [4.78, 5) is 38.2. The summed E-state index contributed by atoms with van der Waals surface area (Å²) in [7, 11) is 0. The molecule has 8 rings (SSSR count). The monoisotopic (exact) mass is 921 g/mol. The first kappa shape index (κ1) is 47.9. The first-order valence-corrected chi connectivity index (χ1v) is 21.4. The lowest BCUT2D eigenvalue weighted by Crippen LogP contribution is -2.13. The van der Waals surface area contributed by atoms with Crippen LogP contribution < -0.4 is 0 Å². The third-order valence-electron chi connectivity index (χ3n) is 11.5. The van der Waals surface area contributed by atoms with Crippen LogP contribution in [-0.2, 0) is 34.9 Å². The number of ether oxygens (including phenoxy) is 2. The highest BCUT2D eigenvalue weighted by atomic mass is 19.4. The molecular formula is C52H45F6N3O6. The Balaban J connectivity index is 0.000000199. The quantitative estimate of drug-likeness (QED) is 0.0290. The first-order valence-electron chi connectivity index (χ1n) is 21.4. The fraction of sp³-hybridized carbons (Fsp3) is 0.231. The Morgan fingerprint density at radius 2 is 0.866 bits per heavy atom. The van der Waals surface area contributed by atoms with Crippen LogP contribution in [0.15, 0.2) is 126 Å². The molecule has 0 aliphatic carbocycles. The van der Waals surface area contributed by atoms with Gasteiger partial charge in [0.05, 0.1) is 30.1 Å². The molecule has 1 N–H and O–H groups in total. The summed E-state index contributed by atoms with van der Waals surface area (Å²) in [5, 5.41) is 15.4. The van der Waals surface area contributed by atoms with Gasteiger partial charge in [0.25, 0.3) is 0 Å².